The van der Waals surface area contributed by atoms with Crippen molar-refractivity contribution in [1.82, 2.24) is 9.88 Å². The number of ether oxygens (including phenoxy) is 2. The third-order valence-corrected chi connectivity index (χ3v) is 5.15. The number of carbonyl (C=O) groups excluding carboxylic acids is 1. The minimum atomic E-state index is -0.228. The number of aromatic nitrogens is 1. The van der Waals surface area contributed by atoms with Crippen LogP contribution in [0.2, 0.25) is 0 Å². The highest BCUT2D eigenvalue weighted by atomic mass is 16.7. The van der Waals surface area contributed by atoms with Gasteiger partial charge in [0.2, 0.25) is 12.4 Å². The summed E-state index contributed by atoms with van der Waals surface area (Å²) in [4.78, 5) is 29.9. The number of amides is 2. The Bertz CT molecular complexity index is 1170. The molecular weight excluding hydrogens is 382 g/mol. The molecule has 0 atom stereocenters. The highest BCUT2D eigenvalue weighted by Crippen LogP contribution is 2.34. The van der Waals surface area contributed by atoms with Crippen LogP contribution >= 0.6 is 0 Å². The lowest BCUT2D eigenvalue weighted by atomic mass is 10.0. The largest absolute Gasteiger partial charge is 0.454 e. The number of urea groups is 1. The molecule has 0 fully saturated rings. The standard InChI is InChI=1S/C23H25N3O4/c1-4-7-26(23(28)24-17-5-6-19-20(11-17)30-13-29-19)12-16-10-21(27)25-22-15(3)8-14(2)9-18(16)22/h5-6,8-11H,4,7,12-13H2,1-3H3,(H,24,28)(H,25,27). The summed E-state index contributed by atoms with van der Waals surface area (Å²) in [6.45, 7) is 7.11. The van der Waals surface area contributed by atoms with Crippen LogP contribution in [0, 0.1) is 13.8 Å². The summed E-state index contributed by atoms with van der Waals surface area (Å²) in [6, 6.07) is 10.7. The number of nitrogens with zero attached hydrogens (tertiary/aromatic N) is 1. The highest BCUT2D eigenvalue weighted by Gasteiger charge is 2.18. The molecular formula is C23H25N3O4. The van der Waals surface area contributed by atoms with Crippen molar-refractivity contribution in [2.75, 3.05) is 18.7 Å². The second-order valence-electron chi connectivity index (χ2n) is 7.58. The Hall–Kier alpha value is -3.48. The number of pyridine rings is 1. The van der Waals surface area contributed by atoms with Crippen molar-refractivity contribution in [3.05, 3.63) is 63.4 Å². The Balaban J connectivity index is 1.62. The van der Waals surface area contributed by atoms with Crippen LogP contribution in [0.3, 0.4) is 0 Å². The van der Waals surface area contributed by atoms with Crippen LogP contribution in [0.15, 0.2) is 41.2 Å². The normalized spacial score (nSPS) is 12.2. The van der Waals surface area contributed by atoms with E-state index < -0.39 is 0 Å². The summed E-state index contributed by atoms with van der Waals surface area (Å²) >= 11 is 0. The Morgan fingerprint density at radius 1 is 1.13 bits per heavy atom. The molecule has 0 unspecified atom stereocenters. The summed E-state index contributed by atoms with van der Waals surface area (Å²) in [5.41, 5.74) is 4.23. The molecule has 0 radical (unpaired) electrons. The lowest BCUT2D eigenvalue weighted by Crippen LogP contribution is -2.35. The monoisotopic (exact) mass is 407 g/mol. The number of benzene rings is 2. The van der Waals surface area contributed by atoms with Gasteiger partial charge in [0.1, 0.15) is 0 Å². The van der Waals surface area contributed by atoms with Gasteiger partial charge in [-0.25, -0.2) is 4.79 Å². The molecule has 0 saturated carbocycles. The second-order valence-corrected chi connectivity index (χ2v) is 7.58. The Kier molecular flexibility index (Phi) is 5.35. The Morgan fingerprint density at radius 2 is 1.93 bits per heavy atom. The SMILES string of the molecule is CCCN(Cc1cc(=O)[nH]c2c(C)cc(C)cc12)C(=O)Nc1ccc2c(c1)OCO2. The summed E-state index contributed by atoms with van der Waals surface area (Å²) in [7, 11) is 0. The van der Waals surface area contributed by atoms with Gasteiger partial charge in [-0.2, -0.15) is 0 Å². The Morgan fingerprint density at radius 3 is 2.73 bits per heavy atom. The number of fused-ring (bicyclic) bond motifs is 2. The summed E-state index contributed by atoms with van der Waals surface area (Å²) in [6.07, 6.45) is 0.799. The predicted molar refractivity (Wildman–Crippen MR) is 116 cm³/mol. The van der Waals surface area contributed by atoms with Gasteiger partial charge in [-0.05, 0) is 49.6 Å². The summed E-state index contributed by atoms with van der Waals surface area (Å²) < 4.78 is 10.7. The van der Waals surface area contributed by atoms with Crippen molar-refractivity contribution in [2.24, 2.45) is 0 Å². The zero-order valence-corrected chi connectivity index (χ0v) is 17.4. The second kappa shape index (κ2) is 8.10. The molecule has 2 amide bonds. The van der Waals surface area contributed by atoms with Gasteiger partial charge in [-0.3, -0.25) is 4.79 Å². The molecule has 1 aliphatic heterocycles. The van der Waals surface area contributed by atoms with Crippen LogP contribution in [0.5, 0.6) is 11.5 Å². The molecule has 2 aromatic carbocycles. The first-order valence-electron chi connectivity index (χ1n) is 10.0. The summed E-state index contributed by atoms with van der Waals surface area (Å²) in [5.74, 6) is 1.28. The van der Waals surface area contributed by atoms with Crippen LogP contribution in [-0.4, -0.2) is 29.3 Å². The molecule has 0 saturated heterocycles. The van der Waals surface area contributed by atoms with E-state index in [1.54, 1.807) is 29.2 Å². The molecule has 0 spiro atoms. The van der Waals surface area contributed by atoms with E-state index in [4.69, 9.17) is 9.47 Å². The van der Waals surface area contributed by atoms with Gasteiger partial charge in [-0.1, -0.05) is 18.6 Å². The molecule has 0 aliphatic carbocycles. The average molecular weight is 407 g/mol. The van der Waals surface area contributed by atoms with Crippen molar-refractivity contribution in [3.8, 4) is 11.5 Å². The van der Waals surface area contributed by atoms with Crippen LogP contribution in [-0.2, 0) is 6.54 Å². The van der Waals surface area contributed by atoms with Crippen molar-refractivity contribution in [1.29, 1.82) is 0 Å². The maximum atomic E-state index is 13.0. The fourth-order valence-electron chi connectivity index (χ4n) is 3.82. The molecule has 7 heteroatoms. The first-order valence-corrected chi connectivity index (χ1v) is 10.0. The van der Waals surface area contributed by atoms with E-state index in [2.05, 4.69) is 10.3 Å². The molecule has 4 rings (SSSR count). The molecule has 1 aromatic heterocycles. The smallest absolute Gasteiger partial charge is 0.322 e. The Labute approximate surface area is 174 Å². The number of aromatic amines is 1. The van der Waals surface area contributed by atoms with E-state index >= 15 is 0 Å². The third-order valence-electron chi connectivity index (χ3n) is 5.15. The molecule has 156 valence electrons. The van der Waals surface area contributed by atoms with E-state index in [9.17, 15) is 9.59 Å². The fraction of sp³-hybridized carbons (Fsp3) is 0.304. The predicted octanol–water partition coefficient (Wildman–Crippen LogP) is 4.32. The highest BCUT2D eigenvalue weighted by molar-refractivity contribution is 5.91. The van der Waals surface area contributed by atoms with Crippen LogP contribution in [0.25, 0.3) is 10.9 Å². The summed E-state index contributed by atoms with van der Waals surface area (Å²) in [5, 5.41) is 3.89. The number of nitrogens with one attached hydrogen (secondary N) is 2. The molecule has 2 heterocycles. The van der Waals surface area contributed by atoms with Crippen molar-refractivity contribution >= 4 is 22.6 Å². The van der Waals surface area contributed by atoms with Gasteiger partial charge >= 0.3 is 6.03 Å². The molecule has 7 nitrogen and oxygen atoms in total. The van der Waals surface area contributed by atoms with E-state index in [0.29, 0.717) is 30.3 Å². The van der Waals surface area contributed by atoms with Gasteiger partial charge in [-0.15, -0.1) is 0 Å². The number of anilines is 1. The van der Waals surface area contributed by atoms with Crippen molar-refractivity contribution in [3.63, 3.8) is 0 Å². The van der Waals surface area contributed by atoms with Gasteiger partial charge in [0.05, 0.1) is 5.52 Å². The van der Waals surface area contributed by atoms with Crippen LogP contribution in [0.4, 0.5) is 10.5 Å². The molecule has 1 aliphatic rings. The zero-order chi connectivity index (χ0) is 21.3. The number of hydrogen-bond donors (Lipinski definition) is 2. The number of carbonyl (C=O) groups is 1. The molecule has 2 N–H and O–H groups in total. The van der Waals surface area contributed by atoms with E-state index in [0.717, 1.165) is 34.0 Å². The average Bonchev–Trinajstić information content (AvgIpc) is 3.16. The maximum absolute atomic E-state index is 13.0. The van der Waals surface area contributed by atoms with E-state index in [-0.39, 0.29) is 18.4 Å². The third kappa shape index (κ3) is 3.96. The quantitative estimate of drug-likeness (QED) is 0.660. The van der Waals surface area contributed by atoms with Crippen molar-refractivity contribution < 1.29 is 14.3 Å². The number of H-pyrrole nitrogens is 1. The minimum Gasteiger partial charge on any atom is -0.454 e. The minimum absolute atomic E-state index is 0.169. The lowest BCUT2D eigenvalue weighted by molar-refractivity contribution is 0.174. The molecule has 0 bridgehead atoms. The van der Waals surface area contributed by atoms with Gasteiger partial charge < -0.3 is 24.7 Å². The first kappa shape index (κ1) is 19.8. The molecule has 3 aromatic rings. The van der Waals surface area contributed by atoms with Gasteiger partial charge in [0.15, 0.2) is 11.5 Å². The first-order chi connectivity index (χ1) is 14.4. The number of hydrogen-bond acceptors (Lipinski definition) is 4. The van der Waals surface area contributed by atoms with Crippen molar-refractivity contribution in [2.45, 2.75) is 33.7 Å². The number of rotatable bonds is 5. The topological polar surface area (TPSA) is 83.7 Å². The van der Waals surface area contributed by atoms with Gasteiger partial charge in [0.25, 0.3) is 0 Å². The van der Waals surface area contributed by atoms with E-state index in [1.165, 1.54) is 0 Å². The maximum Gasteiger partial charge on any atom is 0.322 e. The number of aryl methyl sites for hydroxylation is 2. The van der Waals surface area contributed by atoms with Gasteiger partial charge in [0, 0.05) is 36.3 Å². The molecule has 30 heavy (non-hydrogen) atoms. The van der Waals surface area contributed by atoms with Crippen LogP contribution in [0.1, 0.15) is 30.0 Å². The van der Waals surface area contributed by atoms with Crippen LogP contribution < -0.4 is 20.3 Å². The van der Waals surface area contributed by atoms with E-state index in [1.807, 2.05) is 32.9 Å². The zero-order valence-electron chi connectivity index (χ0n) is 17.4. The fourth-order valence-corrected chi connectivity index (χ4v) is 3.82. The lowest BCUT2D eigenvalue weighted by Gasteiger charge is -2.23.